The van der Waals surface area contributed by atoms with Crippen molar-refractivity contribution in [1.29, 1.82) is 0 Å². The minimum atomic E-state index is -0.605. The van der Waals surface area contributed by atoms with Crippen LogP contribution >= 0.6 is 0 Å². The van der Waals surface area contributed by atoms with Gasteiger partial charge in [-0.3, -0.25) is 14.8 Å². The van der Waals surface area contributed by atoms with Crippen LogP contribution in [0.5, 0.6) is 0 Å². The molecule has 0 aromatic heterocycles. The van der Waals surface area contributed by atoms with Gasteiger partial charge in [-0.25, -0.2) is 0 Å². The molecule has 2 aromatic carbocycles. The minimum Gasteiger partial charge on any atom is -0.733 e. The molecule has 7 heteroatoms. The highest BCUT2D eigenvalue weighted by molar-refractivity contribution is 6.07. The van der Waals surface area contributed by atoms with Crippen molar-refractivity contribution in [2.45, 2.75) is 12.5 Å². The summed E-state index contributed by atoms with van der Waals surface area (Å²) < 4.78 is 0. The van der Waals surface area contributed by atoms with Crippen molar-refractivity contribution in [1.82, 2.24) is 9.80 Å². The largest absolute Gasteiger partial charge is 0.733 e. The van der Waals surface area contributed by atoms with Gasteiger partial charge in [-0.15, -0.1) is 0 Å². The summed E-state index contributed by atoms with van der Waals surface area (Å²) in [4.78, 5) is 28.5. The van der Waals surface area contributed by atoms with E-state index in [1.807, 2.05) is 30.3 Å². The van der Waals surface area contributed by atoms with Crippen LogP contribution in [-0.4, -0.2) is 47.0 Å². The van der Waals surface area contributed by atoms with Crippen molar-refractivity contribution < 1.29 is 14.8 Å². The number of likely N-dealkylation sites (N-methyl/N-ethyl adjacent to an activating group) is 2. The van der Waals surface area contributed by atoms with E-state index in [4.69, 9.17) is 0 Å². The Morgan fingerprint density at radius 3 is 2.37 bits per heavy atom. The van der Waals surface area contributed by atoms with Crippen LogP contribution in [0.2, 0.25) is 0 Å². The lowest BCUT2D eigenvalue weighted by Crippen LogP contribution is -2.56. The maximum atomic E-state index is 12.9. The van der Waals surface area contributed by atoms with Crippen LogP contribution in [0.1, 0.15) is 11.1 Å². The summed E-state index contributed by atoms with van der Waals surface area (Å²) in [5, 5.41) is 20.3. The standard InChI is InChI=1S/C20H20N3O4/c1-21-17(12-14-8-4-3-5-9-14)19(24)22(2)18(20(21)25)13-15-10-6-7-11-16(15)23(26)27/h3-11,13,17,26H,12H2,1-2H3/q-1/b18-13-/t17-/m0/s1. The van der Waals surface area contributed by atoms with Gasteiger partial charge in [0.1, 0.15) is 11.7 Å². The highest BCUT2D eigenvalue weighted by Gasteiger charge is 2.39. The number of hydrogen-bond acceptors (Lipinski definition) is 5. The number of amides is 2. The summed E-state index contributed by atoms with van der Waals surface area (Å²) >= 11 is 0. The third-order valence-corrected chi connectivity index (χ3v) is 4.69. The molecule has 1 atom stereocenters. The Morgan fingerprint density at radius 1 is 1.07 bits per heavy atom. The Kier molecular flexibility index (Phi) is 5.25. The third-order valence-electron chi connectivity index (χ3n) is 4.69. The molecule has 2 aromatic rings. The molecule has 1 aliphatic heterocycles. The first-order valence-electron chi connectivity index (χ1n) is 8.45. The molecule has 2 amide bonds. The Morgan fingerprint density at radius 2 is 1.70 bits per heavy atom. The number of benzene rings is 2. The fourth-order valence-electron chi connectivity index (χ4n) is 3.12. The first kappa shape index (κ1) is 18.6. The summed E-state index contributed by atoms with van der Waals surface area (Å²) in [6.07, 6.45) is 1.85. The third kappa shape index (κ3) is 3.69. The van der Waals surface area contributed by atoms with Gasteiger partial charge in [-0.05, 0) is 17.7 Å². The second kappa shape index (κ2) is 7.61. The number of carbonyl (C=O) groups is 2. The van der Waals surface area contributed by atoms with Gasteiger partial charge in [0.2, 0.25) is 5.91 Å². The van der Waals surface area contributed by atoms with Crippen LogP contribution in [-0.2, 0) is 16.0 Å². The summed E-state index contributed by atoms with van der Waals surface area (Å²) in [5.74, 6) is -0.545. The van der Waals surface area contributed by atoms with Crippen LogP contribution in [0, 0.1) is 5.21 Å². The number of carbonyl (C=O) groups excluding carboxylic acids is 2. The zero-order valence-electron chi connectivity index (χ0n) is 15.1. The van der Waals surface area contributed by atoms with E-state index in [2.05, 4.69) is 0 Å². The van der Waals surface area contributed by atoms with Crippen LogP contribution in [0.4, 0.5) is 5.69 Å². The monoisotopic (exact) mass is 366 g/mol. The molecule has 0 bridgehead atoms. The van der Waals surface area contributed by atoms with Crippen molar-refractivity contribution in [2.24, 2.45) is 0 Å². The van der Waals surface area contributed by atoms with Crippen LogP contribution < -0.4 is 5.23 Å². The molecule has 0 spiro atoms. The van der Waals surface area contributed by atoms with E-state index >= 15 is 0 Å². The van der Waals surface area contributed by atoms with Gasteiger partial charge in [-0.2, -0.15) is 0 Å². The Bertz CT molecular complexity index is 880. The zero-order chi connectivity index (χ0) is 19.6. The number of nitrogens with zero attached hydrogens (tertiary/aromatic N) is 3. The summed E-state index contributed by atoms with van der Waals surface area (Å²) in [5.41, 5.74) is 1.44. The van der Waals surface area contributed by atoms with Gasteiger partial charge >= 0.3 is 0 Å². The van der Waals surface area contributed by atoms with Gasteiger partial charge in [0.25, 0.3) is 5.91 Å². The molecule has 0 unspecified atom stereocenters. The lowest BCUT2D eigenvalue weighted by molar-refractivity contribution is -0.148. The van der Waals surface area contributed by atoms with Gasteiger partial charge in [0, 0.05) is 26.1 Å². The molecule has 1 heterocycles. The Labute approximate surface area is 157 Å². The van der Waals surface area contributed by atoms with E-state index in [1.165, 1.54) is 29.0 Å². The van der Waals surface area contributed by atoms with Crippen molar-refractivity contribution in [2.75, 3.05) is 19.3 Å². The molecule has 140 valence electrons. The van der Waals surface area contributed by atoms with Gasteiger partial charge in [0.15, 0.2) is 0 Å². The molecule has 1 saturated heterocycles. The molecule has 0 radical (unpaired) electrons. The first-order valence-corrected chi connectivity index (χ1v) is 8.45. The van der Waals surface area contributed by atoms with E-state index in [9.17, 15) is 20.0 Å². The van der Waals surface area contributed by atoms with E-state index in [-0.39, 0.29) is 28.4 Å². The molecular formula is C20H20N3O4-. The van der Waals surface area contributed by atoms with Crippen molar-refractivity contribution in [3.8, 4) is 0 Å². The van der Waals surface area contributed by atoms with Gasteiger partial charge in [0.05, 0.1) is 5.69 Å². The Balaban J connectivity index is 1.93. The highest BCUT2D eigenvalue weighted by atomic mass is 16.8. The summed E-state index contributed by atoms with van der Waals surface area (Å²) in [6, 6.07) is 15.2. The molecule has 0 saturated carbocycles. The van der Waals surface area contributed by atoms with Crippen molar-refractivity contribution in [3.63, 3.8) is 0 Å². The summed E-state index contributed by atoms with van der Waals surface area (Å²) in [6.45, 7) is 0. The molecule has 3 rings (SSSR count). The average molecular weight is 366 g/mol. The minimum absolute atomic E-state index is 0.00675. The lowest BCUT2D eigenvalue weighted by Gasteiger charge is -2.38. The molecule has 1 fully saturated rings. The molecule has 27 heavy (non-hydrogen) atoms. The number of piperazine rings is 1. The van der Waals surface area contributed by atoms with Gasteiger partial charge < -0.3 is 20.2 Å². The highest BCUT2D eigenvalue weighted by Crippen LogP contribution is 2.26. The average Bonchev–Trinajstić information content (AvgIpc) is 2.68. The fraction of sp³-hybridized carbons (Fsp3) is 0.200. The van der Waals surface area contributed by atoms with Gasteiger partial charge in [-0.1, -0.05) is 48.5 Å². The topological polar surface area (TPSA) is 87.2 Å². The molecule has 7 nitrogen and oxygen atoms in total. The normalized spacial score (nSPS) is 19.0. The predicted octanol–water partition coefficient (Wildman–Crippen LogP) is 2.26. The number of anilines is 1. The van der Waals surface area contributed by atoms with Crippen LogP contribution in [0.3, 0.4) is 0 Å². The van der Waals surface area contributed by atoms with E-state index in [1.54, 1.807) is 25.2 Å². The van der Waals surface area contributed by atoms with Crippen molar-refractivity contribution >= 4 is 23.6 Å². The number of hydrogen-bond donors (Lipinski definition) is 1. The smallest absolute Gasteiger partial charge is 0.271 e. The zero-order valence-corrected chi connectivity index (χ0v) is 15.1. The maximum Gasteiger partial charge on any atom is 0.271 e. The summed E-state index contributed by atoms with van der Waals surface area (Å²) in [7, 11) is 3.13. The molecule has 1 aliphatic rings. The maximum absolute atomic E-state index is 12.9. The number of rotatable bonds is 4. The molecule has 0 aliphatic carbocycles. The van der Waals surface area contributed by atoms with E-state index in [0.29, 0.717) is 12.0 Å². The number of para-hydroxylation sites is 1. The second-order valence-electron chi connectivity index (χ2n) is 6.38. The van der Waals surface area contributed by atoms with E-state index in [0.717, 1.165) is 5.56 Å². The predicted molar refractivity (Wildman–Crippen MR) is 102 cm³/mol. The lowest BCUT2D eigenvalue weighted by atomic mass is 10.00. The second-order valence-corrected chi connectivity index (χ2v) is 6.38. The van der Waals surface area contributed by atoms with Crippen LogP contribution in [0.25, 0.3) is 6.08 Å². The quantitative estimate of drug-likeness (QED) is 0.662. The van der Waals surface area contributed by atoms with E-state index < -0.39 is 6.04 Å². The van der Waals surface area contributed by atoms with Crippen molar-refractivity contribution in [3.05, 3.63) is 76.6 Å². The first-order chi connectivity index (χ1) is 12.9. The fourth-order valence-corrected chi connectivity index (χ4v) is 3.12. The SMILES string of the molecule is CN1C(=O)[C@H](Cc2ccccc2)N(C)C(=O)/C1=C/c1ccccc1N([O-])O. The molecule has 1 N–H and O–H groups in total. The Hall–Kier alpha value is -3.16. The van der Waals surface area contributed by atoms with Crippen LogP contribution in [0.15, 0.2) is 60.3 Å². The molecular weight excluding hydrogens is 346 g/mol.